The number of nitrogens with one attached hydrogen (secondary N) is 1. The van der Waals surface area contributed by atoms with Crippen molar-refractivity contribution in [3.63, 3.8) is 0 Å². The van der Waals surface area contributed by atoms with E-state index in [1.807, 2.05) is 18.4 Å². The van der Waals surface area contributed by atoms with Gasteiger partial charge in [-0.25, -0.2) is 17.5 Å². The molecule has 1 aromatic carbocycles. The Morgan fingerprint density at radius 3 is 2.39 bits per heavy atom. The monoisotopic (exact) mass is 406 g/mol. The summed E-state index contributed by atoms with van der Waals surface area (Å²) < 4.78 is 49.2. The number of aromatic nitrogens is 3. The van der Waals surface area contributed by atoms with Crippen LogP contribution < -0.4 is 4.72 Å². The average molecular weight is 406 g/mol. The topological polar surface area (TPSA) is 90.0 Å². The molecule has 3 aromatic rings. The highest BCUT2D eigenvalue weighted by molar-refractivity contribution is 7.89. The number of nitrogens with zero attached hydrogens (tertiary/aromatic N) is 3. The molecule has 9 heteroatoms. The van der Waals surface area contributed by atoms with Crippen LogP contribution >= 0.6 is 0 Å². The van der Waals surface area contributed by atoms with E-state index >= 15 is 0 Å². The van der Waals surface area contributed by atoms with Crippen LogP contribution in [0.3, 0.4) is 0 Å². The quantitative estimate of drug-likeness (QED) is 0.650. The maximum Gasteiger partial charge on any atom is 0.264 e. The summed E-state index contributed by atoms with van der Waals surface area (Å²) in [5, 5.41) is 8.06. The Balaban J connectivity index is 1.99. The second-order valence-corrected chi connectivity index (χ2v) is 8.14. The van der Waals surface area contributed by atoms with Gasteiger partial charge in [0.05, 0.1) is 0 Å². The minimum absolute atomic E-state index is 0.0642. The van der Waals surface area contributed by atoms with Crippen LogP contribution in [0.25, 0.3) is 11.6 Å². The van der Waals surface area contributed by atoms with Crippen LogP contribution in [0.4, 0.5) is 4.39 Å². The predicted molar refractivity (Wildman–Crippen MR) is 103 cm³/mol. The molecule has 0 saturated heterocycles. The summed E-state index contributed by atoms with van der Waals surface area (Å²) in [5.74, 6) is 0.433. The molecule has 0 bridgehead atoms. The first-order valence-electron chi connectivity index (χ1n) is 9.05. The Morgan fingerprint density at radius 2 is 1.82 bits per heavy atom. The summed E-state index contributed by atoms with van der Waals surface area (Å²) in [7, 11) is -3.80. The fourth-order valence-electron chi connectivity index (χ4n) is 3.28. The summed E-state index contributed by atoms with van der Waals surface area (Å²) >= 11 is 0. The number of aryl methyl sites for hydroxylation is 1. The molecule has 2 heterocycles. The van der Waals surface area contributed by atoms with Gasteiger partial charge in [0.25, 0.3) is 5.89 Å². The number of hydrogen-bond donors (Lipinski definition) is 1. The van der Waals surface area contributed by atoms with Gasteiger partial charge in [-0.2, -0.15) is 0 Å². The molecule has 0 amide bonds. The first kappa shape index (κ1) is 20.2. The smallest absolute Gasteiger partial charge is 0.264 e. The van der Waals surface area contributed by atoms with E-state index in [2.05, 4.69) is 14.9 Å². The summed E-state index contributed by atoms with van der Waals surface area (Å²) in [4.78, 5) is 0.197. The van der Waals surface area contributed by atoms with Crippen molar-refractivity contribution in [1.82, 2.24) is 19.5 Å². The summed E-state index contributed by atoms with van der Waals surface area (Å²) in [6, 6.07) is 5.69. The summed E-state index contributed by atoms with van der Waals surface area (Å²) in [6.07, 6.45) is 0.599. The van der Waals surface area contributed by atoms with Crippen molar-refractivity contribution in [3.8, 4) is 11.6 Å². The third kappa shape index (κ3) is 3.72. The summed E-state index contributed by atoms with van der Waals surface area (Å²) in [6.45, 7) is 7.94. The highest BCUT2D eigenvalue weighted by atomic mass is 32.2. The second kappa shape index (κ2) is 7.84. The first-order valence-corrected chi connectivity index (χ1v) is 10.5. The molecule has 7 nitrogen and oxygen atoms in total. The van der Waals surface area contributed by atoms with Gasteiger partial charge in [0, 0.05) is 30.8 Å². The zero-order valence-electron chi connectivity index (χ0n) is 16.3. The van der Waals surface area contributed by atoms with Crippen molar-refractivity contribution in [3.05, 3.63) is 52.8 Å². The molecule has 0 fully saturated rings. The molecule has 0 aliphatic carbocycles. The van der Waals surface area contributed by atoms with Gasteiger partial charge in [-0.1, -0.05) is 19.1 Å². The Kier molecular flexibility index (Phi) is 5.66. The highest BCUT2D eigenvalue weighted by Crippen LogP contribution is 2.33. The van der Waals surface area contributed by atoms with Crippen molar-refractivity contribution in [2.75, 3.05) is 0 Å². The summed E-state index contributed by atoms with van der Waals surface area (Å²) in [5.41, 5.74) is 2.42. The normalized spacial score (nSPS) is 11.9. The molecule has 2 aromatic heterocycles. The number of sulfonamides is 1. The van der Waals surface area contributed by atoms with Crippen LogP contribution in [0.5, 0.6) is 0 Å². The van der Waals surface area contributed by atoms with E-state index in [9.17, 15) is 12.8 Å². The lowest BCUT2D eigenvalue weighted by molar-refractivity contribution is 0.507. The number of hydrogen-bond acceptors (Lipinski definition) is 5. The molecule has 3 rings (SSSR count). The van der Waals surface area contributed by atoms with Crippen LogP contribution in [-0.4, -0.2) is 23.2 Å². The third-order valence-corrected chi connectivity index (χ3v) is 6.30. The van der Waals surface area contributed by atoms with E-state index in [4.69, 9.17) is 4.42 Å². The molecule has 0 aliphatic rings. The molecule has 150 valence electrons. The van der Waals surface area contributed by atoms with E-state index in [1.165, 1.54) is 12.1 Å². The van der Waals surface area contributed by atoms with Gasteiger partial charge < -0.3 is 8.98 Å². The van der Waals surface area contributed by atoms with Crippen LogP contribution in [0.1, 0.15) is 36.6 Å². The molecular weight excluding hydrogens is 383 g/mol. The van der Waals surface area contributed by atoms with Crippen LogP contribution in [-0.2, 0) is 29.5 Å². The van der Waals surface area contributed by atoms with Gasteiger partial charge in [-0.3, -0.25) is 0 Å². The van der Waals surface area contributed by atoms with Gasteiger partial charge in [0.2, 0.25) is 15.9 Å². The van der Waals surface area contributed by atoms with Crippen molar-refractivity contribution in [2.24, 2.45) is 0 Å². The molecule has 0 radical (unpaired) electrons. The lowest BCUT2D eigenvalue weighted by atomic mass is 10.2. The Labute approximate surface area is 163 Å². The number of halogens is 1. The molecule has 0 aliphatic heterocycles. The number of benzene rings is 1. The van der Waals surface area contributed by atoms with E-state index in [0.29, 0.717) is 47.3 Å². The molecule has 0 spiro atoms. The molecule has 1 N–H and O–H groups in total. The largest absolute Gasteiger partial charge is 0.419 e. The first-order chi connectivity index (χ1) is 13.3. The highest BCUT2D eigenvalue weighted by Gasteiger charge is 2.29. The second-order valence-electron chi connectivity index (χ2n) is 6.44. The average Bonchev–Trinajstić information content (AvgIpc) is 3.23. The van der Waals surface area contributed by atoms with E-state index in [1.54, 1.807) is 26.0 Å². The van der Waals surface area contributed by atoms with Crippen molar-refractivity contribution in [2.45, 2.75) is 52.1 Å². The maximum atomic E-state index is 13.0. The molecule has 0 atom stereocenters. The van der Waals surface area contributed by atoms with Gasteiger partial charge in [-0.05, 0) is 38.5 Å². The van der Waals surface area contributed by atoms with Crippen molar-refractivity contribution < 1.29 is 17.2 Å². The van der Waals surface area contributed by atoms with E-state index in [-0.39, 0.29) is 17.3 Å². The van der Waals surface area contributed by atoms with Crippen LogP contribution in [0.2, 0.25) is 0 Å². The van der Waals surface area contributed by atoms with Crippen LogP contribution in [0.15, 0.2) is 33.6 Å². The lowest BCUT2D eigenvalue weighted by Crippen LogP contribution is -2.24. The minimum atomic E-state index is -3.80. The van der Waals surface area contributed by atoms with Gasteiger partial charge in [0.1, 0.15) is 16.4 Å². The van der Waals surface area contributed by atoms with Gasteiger partial charge >= 0.3 is 0 Å². The fraction of sp³-hybridized carbons (Fsp3) is 0.368. The Bertz CT molecular complexity index is 1090. The predicted octanol–water partition coefficient (Wildman–Crippen LogP) is 3.35. The molecule has 28 heavy (non-hydrogen) atoms. The van der Waals surface area contributed by atoms with Gasteiger partial charge in [0.15, 0.2) is 0 Å². The number of rotatable bonds is 7. The molecule has 0 saturated carbocycles. The molecule has 0 unspecified atom stereocenters. The lowest BCUT2D eigenvalue weighted by Gasteiger charge is -2.09. The van der Waals surface area contributed by atoms with Gasteiger partial charge in [-0.15, -0.1) is 10.2 Å². The van der Waals surface area contributed by atoms with Crippen molar-refractivity contribution in [1.29, 1.82) is 0 Å². The zero-order chi connectivity index (χ0) is 20.5. The Hall–Kier alpha value is -2.52. The van der Waals surface area contributed by atoms with Crippen LogP contribution in [0, 0.1) is 19.7 Å². The Morgan fingerprint density at radius 1 is 1.14 bits per heavy atom. The maximum absolute atomic E-state index is 13.0. The minimum Gasteiger partial charge on any atom is -0.419 e. The van der Waals surface area contributed by atoms with E-state index in [0.717, 1.165) is 0 Å². The van der Waals surface area contributed by atoms with E-state index < -0.39 is 10.0 Å². The third-order valence-electron chi connectivity index (χ3n) is 4.64. The molecular formula is C19H23FN4O3S. The fourth-order valence-corrected chi connectivity index (χ4v) is 4.78. The standard InChI is InChI=1S/C19H23FN4O3S/c1-5-16-22-23-19(27-16)17-12(3)18(13(4)24(17)6-2)28(25,26)21-11-14-7-9-15(20)10-8-14/h7-10,21H,5-6,11H2,1-4H3. The van der Waals surface area contributed by atoms with Crippen molar-refractivity contribution >= 4 is 10.0 Å². The SMILES string of the molecule is CCc1nnc(-c2c(C)c(S(=O)(=O)NCc3ccc(F)cc3)c(C)n2CC)o1. The zero-order valence-corrected chi connectivity index (χ0v) is 17.1.